The lowest BCUT2D eigenvalue weighted by Gasteiger charge is -2.41. The second-order valence-electron chi connectivity index (χ2n) is 17.2. The van der Waals surface area contributed by atoms with Gasteiger partial charge in [-0.1, -0.05) is 218 Å². The van der Waals surface area contributed by atoms with Crippen molar-refractivity contribution >= 4 is 65.4 Å². The first-order chi connectivity index (χ1) is 31.7. The monoisotopic (exact) mass is 814 g/mol. The molecule has 0 saturated heterocycles. The van der Waals surface area contributed by atoms with Gasteiger partial charge >= 0.3 is 0 Å². The molecule has 0 saturated carbocycles. The van der Waals surface area contributed by atoms with Crippen LogP contribution in [0.25, 0.3) is 76.1 Å². The average Bonchev–Trinajstić information content (AvgIpc) is 3.37. The number of Topliss-reactive ketones (excluding diaryl/α,β-unsaturated/α-hetero) is 2. The number of carbonyl (C=O) groups is 2. The van der Waals surface area contributed by atoms with Gasteiger partial charge in [-0.3, -0.25) is 9.59 Å². The molecule has 0 N–H and O–H groups in total. The van der Waals surface area contributed by atoms with Gasteiger partial charge < -0.3 is 0 Å². The first-order valence-electron chi connectivity index (χ1n) is 22.1. The van der Waals surface area contributed by atoms with E-state index in [0.29, 0.717) is 22.3 Å². The molecule has 0 bridgehead atoms. The summed E-state index contributed by atoms with van der Waals surface area (Å²) in [6.07, 6.45) is 0. The number of benzene rings is 11. The quantitative estimate of drug-likeness (QED) is 0.166. The molecule has 2 aliphatic rings. The van der Waals surface area contributed by atoms with E-state index in [0.717, 1.165) is 98.4 Å². The molecule has 13 rings (SSSR count). The lowest BCUT2D eigenvalue weighted by atomic mass is 9.60. The molecule has 0 spiro atoms. The summed E-state index contributed by atoms with van der Waals surface area (Å²) in [4.78, 5) is 34.0. The molecule has 0 radical (unpaired) electrons. The van der Waals surface area contributed by atoms with E-state index in [-0.39, 0.29) is 11.6 Å². The summed E-state index contributed by atoms with van der Waals surface area (Å²) in [5, 5.41) is 10.7. The minimum atomic E-state index is -0.530. The number of rotatable bonds is 4. The van der Waals surface area contributed by atoms with Crippen LogP contribution in [0.3, 0.4) is 0 Å². The van der Waals surface area contributed by atoms with Crippen molar-refractivity contribution in [2.75, 3.05) is 0 Å². The van der Waals surface area contributed by atoms with Gasteiger partial charge in [0.2, 0.25) is 0 Å². The summed E-state index contributed by atoms with van der Waals surface area (Å²) in [7, 11) is 0. The normalized spacial score (nSPS) is 15.8. The van der Waals surface area contributed by atoms with Crippen LogP contribution in [0.15, 0.2) is 230 Å². The van der Waals surface area contributed by atoms with Crippen LogP contribution in [-0.4, -0.2) is 11.6 Å². The van der Waals surface area contributed by atoms with Crippen LogP contribution in [-0.2, 0) is 0 Å². The fourth-order valence-electron chi connectivity index (χ4n) is 11.6. The SMILES string of the molecule is O=C1C2=C(C(=O)c3c1c(-c1ccccc1)c1c4ccccc4c4ccccc4c1c3-c1ccccc1)[C@@H](c1ccccc1)c1c(c3ccccc3c3ccccc13)[C@H]2c1ccccc1. The Labute approximate surface area is 370 Å². The zero-order valence-corrected chi connectivity index (χ0v) is 34.8. The predicted molar refractivity (Wildman–Crippen MR) is 264 cm³/mol. The number of carbonyl (C=O) groups excluding carboxylic acids is 2. The van der Waals surface area contributed by atoms with Gasteiger partial charge in [0.1, 0.15) is 0 Å². The van der Waals surface area contributed by atoms with E-state index in [2.05, 4.69) is 170 Å². The molecule has 2 atom stereocenters. The van der Waals surface area contributed by atoms with Crippen LogP contribution in [0, 0.1) is 0 Å². The third kappa shape index (κ3) is 5.08. The molecular weight excluding hydrogens is 777 g/mol. The molecule has 2 heteroatoms. The minimum Gasteiger partial charge on any atom is -0.289 e. The van der Waals surface area contributed by atoms with E-state index in [4.69, 9.17) is 0 Å². The van der Waals surface area contributed by atoms with Crippen molar-refractivity contribution < 1.29 is 9.59 Å². The Morgan fingerprint density at radius 3 is 0.859 bits per heavy atom. The van der Waals surface area contributed by atoms with Crippen molar-refractivity contribution in [3.8, 4) is 22.3 Å². The number of hydrogen-bond acceptors (Lipinski definition) is 2. The fourth-order valence-corrected chi connectivity index (χ4v) is 11.6. The highest BCUT2D eigenvalue weighted by Gasteiger charge is 2.49. The second kappa shape index (κ2) is 14.2. The predicted octanol–water partition coefficient (Wildman–Crippen LogP) is 15.4. The maximum atomic E-state index is 17.0. The second-order valence-corrected chi connectivity index (χ2v) is 17.2. The number of allylic oxidation sites excluding steroid dienone is 2. The van der Waals surface area contributed by atoms with E-state index >= 15 is 9.59 Å². The summed E-state index contributed by atoms with van der Waals surface area (Å²) in [6, 6.07) is 75.7. The maximum Gasteiger partial charge on any atom is 0.191 e. The van der Waals surface area contributed by atoms with Crippen molar-refractivity contribution in [1.82, 2.24) is 0 Å². The van der Waals surface area contributed by atoms with Crippen LogP contribution in [0.2, 0.25) is 0 Å². The first kappa shape index (κ1) is 36.5. The Kier molecular flexibility index (Phi) is 8.07. The lowest BCUT2D eigenvalue weighted by molar-refractivity contribution is 0.0966. The van der Waals surface area contributed by atoms with Gasteiger partial charge in [0.05, 0.1) is 0 Å². The molecule has 64 heavy (non-hydrogen) atoms. The Bertz CT molecular complexity index is 3540. The van der Waals surface area contributed by atoms with E-state index < -0.39 is 11.8 Å². The third-order valence-corrected chi connectivity index (χ3v) is 14.0. The average molecular weight is 815 g/mol. The number of hydrogen-bond donors (Lipinski definition) is 0. The summed E-state index contributed by atoms with van der Waals surface area (Å²) in [5.41, 5.74) is 9.60. The summed E-state index contributed by atoms with van der Waals surface area (Å²) in [6.45, 7) is 0. The molecule has 2 aliphatic carbocycles. The molecule has 0 heterocycles. The smallest absolute Gasteiger partial charge is 0.191 e. The van der Waals surface area contributed by atoms with Gasteiger partial charge in [-0.15, -0.1) is 0 Å². The molecule has 0 aliphatic heterocycles. The highest BCUT2D eigenvalue weighted by molar-refractivity contribution is 6.41. The van der Waals surface area contributed by atoms with Gasteiger partial charge in [-0.25, -0.2) is 0 Å². The molecular formula is C62H38O2. The first-order valence-corrected chi connectivity index (χ1v) is 22.1. The Morgan fingerprint density at radius 1 is 0.250 bits per heavy atom. The van der Waals surface area contributed by atoms with Crippen molar-refractivity contribution in [3.63, 3.8) is 0 Å². The number of ketones is 2. The van der Waals surface area contributed by atoms with Crippen molar-refractivity contribution in [2.45, 2.75) is 11.8 Å². The Morgan fingerprint density at radius 2 is 0.516 bits per heavy atom. The van der Waals surface area contributed by atoms with Crippen molar-refractivity contribution in [3.05, 3.63) is 263 Å². The molecule has 2 nitrogen and oxygen atoms in total. The van der Waals surface area contributed by atoms with Crippen molar-refractivity contribution in [2.24, 2.45) is 0 Å². The van der Waals surface area contributed by atoms with Gasteiger partial charge in [-0.2, -0.15) is 0 Å². The van der Waals surface area contributed by atoms with Gasteiger partial charge in [0.25, 0.3) is 0 Å². The van der Waals surface area contributed by atoms with E-state index in [1.54, 1.807) is 0 Å². The van der Waals surface area contributed by atoms with Gasteiger partial charge in [0, 0.05) is 45.2 Å². The fraction of sp³-hybridized carbons (Fsp3) is 0.0323. The largest absolute Gasteiger partial charge is 0.289 e. The third-order valence-electron chi connectivity index (χ3n) is 14.0. The molecule has 11 aromatic rings. The molecule has 0 aromatic heterocycles. The summed E-state index contributed by atoms with van der Waals surface area (Å²) < 4.78 is 0. The standard InChI is InChI=1S/C62H38O2/c63-61-57-49(37-21-5-1-6-22-37)53-45-33-17-13-29-41(45)42-30-14-18-34-46(42)54(53)50(38-23-7-2-8-24-38)58(57)62(64)60-52(40-27-11-4-12-28-40)56-48-36-20-16-32-44(48)43-31-15-19-35-47(43)55(56)51(59(60)61)39-25-9-3-10-26-39/h1-36,49-50H/t49-,50+. The van der Waals surface area contributed by atoms with Crippen molar-refractivity contribution in [1.29, 1.82) is 0 Å². The summed E-state index contributed by atoms with van der Waals surface area (Å²) in [5.74, 6) is -1.26. The zero-order chi connectivity index (χ0) is 42.5. The van der Waals surface area contributed by atoms with Crippen LogP contribution >= 0.6 is 0 Å². The van der Waals surface area contributed by atoms with E-state index in [9.17, 15) is 0 Å². The van der Waals surface area contributed by atoms with Crippen LogP contribution in [0.1, 0.15) is 54.8 Å². The Balaban J connectivity index is 1.28. The van der Waals surface area contributed by atoms with Crippen LogP contribution in [0.5, 0.6) is 0 Å². The lowest BCUT2D eigenvalue weighted by Crippen LogP contribution is -2.34. The molecule has 0 fully saturated rings. The molecule has 11 aromatic carbocycles. The highest BCUT2D eigenvalue weighted by Crippen LogP contribution is 2.59. The van der Waals surface area contributed by atoms with Gasteiger partial charge in [0.15, 0.2) is 11.6 Å². The Hall–Kier alpha value is -8.20. The topological polar surface area (TPSA) is 34.1 Å². The maximum absolute atomic E-state index is 17.0. The van der Waals surface area contributed by atoms with E-state index in [1.807, 2.05) is 48.5 Å². The highest BCUT2D eigenvalue weighted by atomic mass is 16.1. The number of fused-ring (bicyclic) bond motifs is 13. The molecule has 0 unspecified atom stereocenters. The molecule has 0 amide bonds. The van der Waals surface area contributed by atoms with Crippen LogP contribution < -0.4 is 0 Å². The van der Waals surface area contributed by atoms with E-state index in [1.165, 1.54) is 0 Å². The zero-order valence-electron chi connectivity index (χ0n) is 34.8. The minimum absolute atomic E-state index is 0.0996. The molecule has 298 valence electrons. The van der Waals surface area contributed by atoms with Crippen LogP contribution in [0.4, 0.5) is 0 Å². The van der Waals surface area contributed by atoms with Gasteiger partial charge in [-0.05, 0) is 87.2 Å². The summed E-state index contributed by atoms with van der Waals surface area (Å²) >= 11 is 0.